The first-order valence-corrected chi connectivity index (χ1v) is 5.77. The maximum absolute atomic E-state index is 13.2. The van der Waals surface area contributed by atoms with Gasteiger partial charge in [-0.15, -0.1) is 0 Å². The Bertz CT molecular complexity index is 467. The molecule has 0 saturated heterocycles. The molecule has 2 aromatic heterocycles. The van der Waals surface area contributed by atoms with Crippen molar-refractivity contribution < 1.29 is 4.39 Å². The SMILES string of the molecule is Cc1c(-c2cscc2Br)ccnc1F. The van der Waals surface area contributed by atoms with E-state index in [2.05, 4.69) is 20.9 Å². The summed E-state index contributed by atoms with van der Waals surface area (Å²) in [6, 6.07) is 1.82. The van der Waals surface area contributed by atoms with Crippen LogP contribution in [0.1, 0.15) is 5.56 Å². The highest BCUT2D eigenvalue weighted by molar-refractivity contribution is 9.10. The molecule has 0 saturated carbocycles. The zero-order valence-corrected chi connectivity index (χ0v) is 9.82. The number of halogens is 2. The van der Waals surface area contributed by atoms with E-state index in [4.69, 9.17) is 0 Å². The lowest BCUT2D eigenvalue weighted by atomic mass is 10.1. The van der Waals surface area contributed by atoms with E-state index in [9.17, 15) is 4.39 Å². The minimum absolute atomic E-state index is 0.402. The van der Waals surface area contributed by atoms with E-state index < -0.39 is 5.95 Å². The first-order valence-electron chi connectivity index (χ1n) is 4.03. The Hall–Kier alpha value is -0.740. The van der Waals surface area contributed by atoms with Crippen LogP contribution in [0, 0.1) is 12.9 Å². The molecule has 0 aliphatic rings. The van der Waals surface area contributed by atoms with Gasteiger partial charge in [-0.1, -0.05) is 0 Å². The molecular weight excluding hydrogens is 265 g/mol. The Morgan fingerprint density at radius 3 is 2.79 bits per heavy atom. The molecule has 1 nitrogen and oxygen atoms in total. The second-order valence-electron chi connectivity index (χ2n) is 2.91. The predicted molar refractivity (Wildman–Crippen MR) is 59.9 cm³/mol. The maximum Gasteiger partial charge on any atom is 0.216 e. The van der Waals surface area contributed by atoms with Gasteiger partial charge >= 0.3 is 0 Å². The van der Waals surface area contributed by atoms with Crippen LogP contribution >= 0.6 is 27.3 Å². The predicted octanol–water partition coefficient (Wildman–Crippen LogP) is 4.02. The quantitative estimate of drug-likeness (QED) is 0.714. The molecule has 2 rings (SSSR count). The van der Waals surface area contributed by atoms with E-state index in [1.165, 1.54) is 6.20 Å². The van der Waals surface area contributed by atoms with Gasteiger partial charge in [0.05, 0.1) is 0 Å². The summed E-state index contributed by atoms with van der Waals surface area (Å²) in [5, 5.41) is 3.97. The van der Waals surface area contributed by atoms with Gasteiger partial charge < -0.3 is 0 Å². The standard InChI is InChI=1S/C10H7BrFNS/c1-6-7(2-3-13-10(6)12)8-4-14-5-9(8)11/h2-5H,1H3. The minimum atomic E-state index is -0.402. The molecule has 0 atom stereocenters. The van der Waals surface area contributed by atoms with Crippen LogP contribution < -0.4 is 0 Å². The molecule has 0 spiro atoms. The largest absolute Gasteiger partial charge is 0.228 e. The molecule has 0 unspecified atom stereocenters. The molecule has 0 aliphatic carbocycles. The van der Waals surface area contributed by atoms with Crippen LogP contribution in [0.5, 0.6) is 0 Å². The van der Waals surface area contributed by atoms with Crippen molar-refractivity contribution in [3.05, 3.63) is 39.0 Å². The molecule has 0 aromatic carbocycles. The highest BCUT2D eigenvalue weighted by Gasteiger charge is 2.09. The lowest BCUT2D eigenvalue weighted by Crippen LogP contribution is -1.90. The molecule has 0 fully saturated rings. The summed E-state index contributed by atoms with van der Waals surface area (Å²) in [6.07, 6.45) is 1.49. The third-order valence-electron chi connectivity index (χ3n) is 2.05. The molecule has 0 radical (unpaired) electrons. The molecule has 4 heteroatoms. The first kappa shape index (κ1) is 9.80. The topological polar surface area (TPSA) is 12.9 Å². The normalized spacial score (nSPS) is 10.5. The van der Waals surface area contributed by atoms with Crippen LogP contribution in [-0.4, -0.2) is 4.98 Å². The minimum Gasteiger partial charge on any atom is -0.228 e. The van der Waals surface area contributed by atoms with Gasteiger partial charge in [-0.3, -0.25) is 0 Å². The summed E-state index contributed by atoms with van der Waals surface area (Å²) in [5.74, 6) is -0.402. The van der Waals surface area contributed by atoms with E-state index in [1.54, 1.807) is 18.3 Å². The molecule has 0 bridgehead atoms. The third kappa shape index (κ3) is 1.60. The van der Waals surface area contributed by atoms with E-state index in [0.717, 1.165) is 15.6 Å². The van der Waals surface area contributed by atoms with Crippen molar-refractivity contribution in [2.75, 3.05) is 0 Å². The van der Waals surface area contributed by atoms with Crippen molar-refractivity contribution in [1.29, 1.82) is 0 Å². The Labute approximate surface area is 93.7 Å². The molecule has 0 amide bonds. The first-order chi connectivity index (χ1) is 6.70. The van der Waals surface area contributed by atoms with Gasteiger partial charge in [0.25, 0.3) is 0 Å². The van der Waals surface area contributed by atoms with Gasteiger partial charge in [-0.2, -0.15) is 15.7 Å². The van der Waals surface area contributed by atoms with Gasteiger partial charge in [-0.25, -0.2) is 4.98 Å². The van der Waals surface area contributed by atoms with Gasteiger partial charge in [0.15, 0.2) is 0 Å². The number of hydrogen-bond donors (Lipinski definition) is 0. The fraction of sp³-hybridized carbons (Fsp3) is 0.100. The summed E-state index contributed by atoms with van der Waals surface area (Å²) in [4.78, 5) is 3.60. The van der Waals surface area contributed by atoms with Crippen LogP contribution in [0.15, 0.2) is 27.5 Å². The highest BCUT2D eigenvalue weighted by atomic mass is 79.9. The van der Waals surface area contributed by atoms with Crippen molar-refractivity contribution in [2.45, 2.75) is 6.92 Å². The highest BCUT2D eigenvalue weighted by Crippen LogP contribution is 2.33. The van der Waals surface area contributed by atoms with Crippen molar-refractivity contribution in [3.8, 4) is 11.1 Å². The second kappa shape index (κ2) is 3.79. The van der Waals surface area contributed by atoms with Crippen molar-refractivity contribution in [3.63, 3.8) is 0 Å². The summed E-state index contributed by atoms with van der Waals surface area (Å²) in [7, 11) is 0. The fourth-order valence-electron chi connectivity index (χ4n) is 1.28. The zero-order chi connectivity index (χ0) is 10.1. The van der Waals surface area contributed by atoms with Crippen LogP contribution in [0.4, 0.5) is 4.39 Å². The molecule has 72 valence electrons. The van der Waals surface area contributed by atoms with E-state index in [0.29, 0.717) is 5.56 Å². The number of pyridine rings is 1. The van der Waals surface area contributed by atoms with Gasteiger partial charge in [-0.05, 0) is 39.9 Å². The van der Waals surface area contributed by atoms with Gasteiger partial charge in [0.1, 0.15) is 0 Å². The van der Waals surface area contributed by atoms with E-state index in [-0.39, 0.29) is 0 Å². The summed E-state index contributed by atoms with van der Waals surface area (Å²) >= 11 is 5.02. The molecule has 2 heterocycles. The fourth-order valence-corrected chi connectivity index (χ4v) is 2.78. The number of aromatic nitrogens is 1. The average molecular weight is 272 g/mol. The van der Waals surface area contributed by atoms with Crippen molar-refractivity contribution >= 4 is 27.3 Å². The zero-order valence-electron chi connectivity index (χ0n) is 7.42. The number of thiophene rings is 1. The molecular formula is C10H7BrFNS. The monoisotopic (exact) mass is 271 g/mol. The van der Waals surface area contributed by atoms with Gasteiger partial charge in [0, 0.05) is 27.2 Å². The van der Waals surface area contributed by atoms with Crippen LogP contribution in [-0.2, 0) is 0 Å². The Balaban J connectivity index is 2.63. The van der Waals surface area contributed by atoms with Crippen LogP contribution in [0.3, 0.4) is 0 Å². The molecule has 14 heavy (non-hydrogen) atoms. The van der Waals surface area contributed by atoms with E-state index in [1.807, 2.05) is 16.8 Å². The number of hydrogen-bond acceptors (Lipinski definition) is 2. The van der Waals surface area contributed by atoms with Crippen molar-refractivity contribution in [1.82, 2.24) is 4.98 Å². The Morgan fingerprint density at radius 1 is 1.36 bits per heavy atom. The summed E-state index contributed by atoms with van der Waals surface area (Å²) in [5.41, 5.74) is 2.51. The second-order valence-corrected chi connectivity index (χ2v) is 4.51. The average Bonchev–Trinajstić information content (AvgIpc) is 2.57. The molecule has 0 aliphatic heterocycles. The number of rotatable bonds is 1. The lowest BCUT2D eigenvalue weighted by Gasteiger charge is -2.04. The Morgan fingerprint density at radius 2 is 2.14 bits per heavy atom. The lowest BCUT2D eigenvalue weighted by molar-refractivity contribution is 0.575. The molecule has 2 aromatic rings. The maximum atomic E-state index is 13.2. The summed E-state index contributed by atoms with van der Waals surface area (Å²) in [6.45, 7) is 1.74. The molecule has 0 N–H and O–H groups in total. The smallest absolute Gasteiger partial charge is 0.216 e. The van der Waals surface area contributed by atoms with Gasteiger partial charge in [0.2, 0.25) is 5.95 Å². The third-order valence-corrected chi connectivity index (χ3v) is 3.75. The van der Waals surface area contributed by atoms with Crippen LogP contribution in [0.25, 0.3) is 11.1 Å². The van der Waals surface area contributed by atoms with Crippen LogP contribution in [0.2, 0.25) is 0 Å². The van der Waals surface area contributed by atoms with Crippen molar-refractivity contribution in [2.24, 2.45) is 0 Å². The van der Waals surface area contributed by atoms with E-state index >= 15 is 0 Å². The summed E-state index contributed by atoms with van der Waals surface area (Å²) < 4.78 is 14.2. The number of nitrogens with zero attached hydrogens (tertiary/aromatic N) is 1. The Kier molecular flexibility index (Phi) is 2.65.